The van der Waals surface area contributed by atoms with Gasteiger partial charge < -0.3 is 14.6 Å². The fraction of sp³-hybridized carbons (Fsp3) is 0.133. The molecule has 4 nitrogen and oxygen atoms in total. The third-order valence-electron chi connectivity index (χ3n) is 2.69. The molecular weight excluding hydrogens is 263 g/mol. The van der Waals surface area contributed by atoms with E-state index in [1.54, 1.807) is 12.1 Å². The highest BCUT2D eigenvalue weighted by Crippen LogP contribution is 2.28. The van der Waals surface area contributed by atoms with E-state index in [4.69, 9.17) is 14.6 Å². The smallest absolute Gasteiger partial charge is 0.335 e. The summed E-state index contributed by atoms with van der Waals surface area (Å²) in [6.07, 6.45) is 0. The van der Waals surface area contributed by atoms with Gasteiger partial charge in [-0.05, 0) is 35.9 Å². The van der Waals surface area contributed by atoms with Gasteiger partial charge in [-0.1, -0.05) is 12.1 Å². The lowest BCUT2D eigenvalue weighted by Gasteiger charge is -2.11. The summed E-state index contributed by atoms with van der Waals surface area (Å²) in [6.45, 7) is 0.167. The predicted molar refractivity (Wildman–Crippen MR) is 70.7 cm³/mol. The molecule has 0 heterocycles. The molecule has 0 radical (unpaired) electrons. The fourth-order valence-electron chi connectivity index (χ4n) is 1.71. The molecule has 0 saturated carbocycles. The molecule has 104 valence electrons. The lowest BCUT2D eigenvalue weighted by Crippen LogP contribution is -2.01. The van der Waals surface area contributed by atoms with Gasteiger partial charge in [0, 0.05) is 0 Å². The standard InChI is InChI=1S/C15H13FO4/c1-19-14-8-11(15(17)18)5-6-13(14)20-9-10-3-2-4-12(16)7-10/h2-8H,9H2,1H3,(H,17,18). The highest BCUT2D eigenvalue weighted by Gasteiger charge is 2.10. The molecule has 0 fully saturated rings. The van der Waals surface area contributed by atoms with Crippen molar-refractivity contribution in [1.29, 1.82) is 0 Å². The van der Waals surface area contributed by atoms with Crippen molar-refractivity contribution < 1.29 is 23.8 Å². The van der Waals surface area contributed by atoms with E-state index in [1.165, 1.54) is 37.4 Å². The van der Waals surface area contributed by atoms with Crippen LogP contribution in [0.2, 0.25) is 0 Å². The molecule has 20 heavy (non-hydrogen) atoms. The number of methoxy groups -OCH3 is 1. The van der Waals surface area contributed by atoms with Gasteiger partial charge in [0.2, 0.25) is 0 Å². The minimum atomic E-state index is -1.04. The van der Waals surface area contributed by atoms with Crippen LogP contribution in [0.25, 0.3) is 0 Å². The molecule has 0 aliphatic rings. The van der Waals surface area contributed by atoms with Crippen molar-refractivity contribution >= 4 is 5.97 Å². The first kappa shape index (κ1) is 13.9. The highest BCUT2D eigenvalue weighted by molar-refractivity contribution is 5.88. The van der Waals surface area contributed by atoms with Gasteiger partial charge in [-0.25, -0.2) is 9.18 Å². The second kappa shape index (κ2) is 6.06. The average molecular weight is 276 g/mol. The first-order valence-electron chi connectivity index (χ1n) is 5.88. The summed E-state index contributed by atoms with van der Waals surface area (Å²) in [6, 6.07) is 10.4. The van der Waals surface area contributed by atoms with E-state index in [0.29, 0.717) is 17.1 Å². The van der Waals surface area contributed by atoms with Gasteiger partial charge in [0.05, 0.1) is 12.7 Å². The van der Waals surface area contributed by atoms with Crippen LogP contribution in [-0.2, 0) is 6.61 Å². The highest BCUT2D eigenvalue weighted by atomic mass is 19.1. The number of ether oxygens (including phenoxy) is 2. The number of carboxylic acids is 1. The number of carbonyl (C=O) groups is 1. The van der Waals surface area contributed by atoms with Gasteiger partial charge in [0.15, 0.2) is 11.5 Å². The normalized spacial score (nSPS) is 10.1. The van der Waals surface area contributed by atoms with Crippen LogP contribution in [0.3, 0.4) is 0 Å². The van der Waals surface area contributed by atoms with Gasteiger partial charge in [0.25, 0.3) is 0 Å². The monoisotopic (exact) mass is 276 g/mol. The Morgan fingerprint density at radius 3 is 2.65 bits per heavy atom. The van der Waals surface area contributed by atoms with Crippen LogP contribution in [0, 0.1) is 5.82 Å². The molecule has 0 aliphatic heterocycles. The number of halogens is 1. The Morgan fingerprint density at radius 1 is 1.20 bits per heavy atom. The number of benzene rings is 2. The zero-order valence-electron chi connectivity index (χ0n) is 10.8. The van der Waals surface area contributed by atoms with Gasteiger partial charge in [-0.3, -0.25) is 0 Å². The summed E-state index contributed by atoms with van der Waals surface area (Å²) >= 11 is 0. The SMILES string of the molecule is COc1cc(C(=O)O)ccc1OCc1cccc(F)c1. The molecular formula is C15H13FO4. The van der Waals surface area contributed by atoms with Crippen LogP contribution in [0.5, 0.6) is 11.5 Å². The minimum absolute atomic E-state index is 0.111. The maximum atomic E-state index is 13.0. The lowest BCUT2D eigenvalue weighted by molar-refractivity contribution is 0.0696. The Labute approximate surface area is 115 Å². The second-order valence-electron chi connectivity index (χ2n) is 4.09. The number of rotatable bonds is 5. The Balaban J connectivity index is 2.15. The van der Waals surface area contributed by atoms with Crippen molar-refractivity contribution in [1.82, 2.24) is 0 Å². The Morgan fingerprint density at radius 2 is 2.00 bits per heavy atom. The molecule has 2 rings (SSSR count). The van der Waals surface area contributed by atoms with Crippen molar-refractivity contribution in [3.05, 3.63) is 59.4 Å². The van der Waals surface area contributed by atoms with Crippen molar-refractivity contribution in [2.75, 3.05) is 7.11 Å². The average Bonchev–Trinajstić information content (AvgIpc) is 2.45. The largest absolute Gasteiger partial charge is 0.493 e. The molecule has 2 aromatic carbocycles. The maximum Gasteiger partial charge on any atom is 0.335 e. The number of hydrogen-bond donors (Lipinski definition) is 1. The minimum Gasteiger partial charge on any atom is -0.493 e. The van der Waals surface area contributed by atoms with E-state index >= 15 is 0 Å². The zero-order valence-corrected chi connectivity index (χ0v) is 10.8. The first-order valence-corrected chi connectivity index (χ1v) is 5.88. The van der Waals surface area contributed by atoms with Gasteiger partial charge in [-0.2, -0.15) is 0 Å². The molecule has 1 N–H and O–H groups in total. The molecule has 0 amide bonds. The molecule has 2 aromatic rings. The van der Waals surface area contributed by atoms with E-state index in [0.717, 1.165) is 0 Å². The van der Waals surface area contributed by atoms with Crippen LogP contribution in [0.4, 0.5) is 4.39 Å². The van der Waals surface area contributed by atoms with Crippen LogP contribution >= 0.6 is 0 Å². The number of carboxylic acid groups (broad SMARTS) is 1. The zero-order chi connectivity index (χ0) is 14.5. The van der Waals surface area contributed by atoms with Crippen molar-refractivity contribution in [3.8, 4) is 11.5 Å². The number of aromatic carboxylic acids is 1. The fourth-order valence-corrected chi connectivity index (χ4v) is 1.71. The van der Waals surface area contributed by atoms with Crippen LogP contribution in [0.15, 0.2) is 42.5 Å². The molecule has 0 unspecified atom stereocenters. The Kier molecular flexibility index (Phi) is 4.20. The van der Waals surface area contributed by atoms with Gasteiger partial charge in [0.1, 0.15) is 12.4 Å². The molecule has 0 bridgehead atoms. The van der Waals surface area contributed by atoms with E-state index in [2.05, 4.69) is 0 Å². The predicted octanol–water partition coefficient (Wildman–Crippen LogP) is 3.11. The quantitative estimate of drug-likeness (QED) is 0.911. The third kappa shape index (κ3) is 3.26. The van der Waals surface area contributed by atoms with E-state index in [9.17, 15) is 9.18 Å². The van der Waals surface area contributed by atoms with E-state index in [-0.39, 0.29) is 18.0 Å². The summed E-state index contributed by atoms with van der Waals surface area (Å²) in [7, 11) is 1.43. The molecule has 5 heteroatoms. The Hall–Kier alpha value is -2.56. The first-order chi connectivity index (χ1) is 9.60. The van der Waals surface area contributed by atoms with E-state index < -0.39 is 5.97 Å². The number of hydrogen-bond acceptors (Lipinski definition) is 3. The molecule has 0 spiro atoms. The lowest BCUT2D eigenvalue weighted by atomic mass is 10.2. The van der Waals surface area contributed by atoms with E-state index in [1.807, 2.05) is 0 Å². The third-order valence-corrected chi connectivity index (χ3v) is 2.69. The topological polar surface area (TPSA) is 55.8 Å². The van der Waals surface area contributed by atoms with Crippen LogP contribution in [0.1, 0.15) is 15.9 Å². The summed E-state index contributed by atoms with van der Waals surface area (Å²) in [5.41, 5.74) is 0.786. The Bertz CT molecular complexity index is 625. The summed E-state index contributed by atoms with van der Waals surface area (Å²) in [4.78, 5) is 10.9. The van der Waals surface area contributed by atoms with Gasteiger partial charge in [-0.15, -0.1) is 0 Å². The van der Waals surface area contributed by atoms with Crippen LogP contribution < -0.4 is 9.47 Å². The maximum absolute atomic E-state index is 13.0. The van der Waals surface area contributed by atoms with Crippen molar-refractivity contribution in [3.63, 3.8) is 0 Å². The van der Waals surface area contributed by atoms with Gasteiger partial charge >= 0.3 is 5.97 Å². The summed E-state index contributed by atoms with van der Waals surface area (Å²) in [5.74, 6) is -0.651. The molecule has 0 aliphatic carbocycles. The molecule has 0 aromatic heterocycles. The molecule has 0 atom stereocenters. The summed E-state index contributed by atoms with van der Waals surface area (Å²) in [5, 5.41) is 8.90. The molecule has 0 saturated heterocycles. The summed E-state index contributed by atoms with van der Waals surface area (Å²) < 4.78 is 23.6. The second-order valence-corrected chi connectivity index (χ2v) is 4.09. The van der Waals surface area contributed by atoms with Crippen molar-refractivity contribution in [2.24, 2.45) is 0 Å². The van der Waals surface area contributed by atoms with Crippen molar-refractivity contribution in [2.45, 2.75) is 6.61 Å². The van der Waals surface area contributed by atoms with Crippen LogP contribution in [-0.4, -0.2) is 18.2 Å².